The highest BCUT2D eigenvalue weighted by molar-refractivity contribution is 5.70. The van der Waals surface area contributed by atoms with Gasteiger partial charge in [0.1, 0.15) is 0 Å². The maximum Gasteiger partial charge on any atom is 0.372 e. The van der Waals surface area contributed by atoms with Crippen molar-refractivity contribution in [1.82, 2.24) is 4.85 Å². The Hall–Kier alpha value is -2.57. The van der Waals surface area contributed by atoms with Crippen LogP contribution in [0.2, 0.25) is 0 Å². The van der Waals surface area contributed by atoms with E-state index < -0.39 is 10.6 Å². The Morgan fingerprint density at radius 1 is 1.35 bits per heavy atom. The van der Waals surface area contributed by atoms with Crippen LogP contribution in [-0.4, -0.2) is 15.0 Å². The number of nitro groups is 1. The van der Waals surface area contributed by atoms with Crippen molar-refractivity contribution in [1.29, 1.82) is 0 Å². The predicted octanol–water partition coefficient (Wildman–Crippen LogP) is 1.24. The van der Waals surface area contributed by atoms with Crippen LogP contribution in [0, 0.1) is 22.2 Å². The van der Waals surface area contributed by atoms with Gasteiger partial charge >= 0.3 is 5.69 Å². The second-order valence-corrected chi connectivity index (χ2v) is 3.47. The van der Waals surface area contributed by atoms with Crippen LogP contribution in [0.4, 0.5) is 5.69 Å². The zero-order chi connectivity index (χ0) is 12.6. The number of benzene rings is 1. The van der Waals surface area contributed by atoms with E-state index in [2.05, 4.69) is 0 Å². The first-order valence-electron chi connectivity index (χ1n) is 4.78. The lowest BCUT2D eigenvalue weighted by molar-refractivity contribution is -0.729. The molecule has 2 rings (SSSR count). The molecule has 0 saturated carbocycles. The van der Waals surface area contributed by atoms with Gasteiger partial charge in [0, 0.05) is 17.3 Å². The summed E-state index contributed by atoms with van der Waals surface area (Å²) < 4.78 is 0. The lowest BCUT2D eigenvalue weighted by atomic mass is 10.1. The van der Waals surface area contributed by atoms with Crippen molar-refractivity contribution in [2.24, 2.45) is 0 Å². The normalized spacial score (nSPS) is 10.4. The Morgan fingerprint density at radius 3 is 2.47 bits per heavy atom. The van der Waals surface area contributed by atoms with E-state index in [-0.39, 0.29) is 21.1 Å². The molecular formula is C10H9N3O4. The number of rotatable bonds is 2. The topological polar surface area (TPSA) is 95.2 Å². The minimum atomic E-state index is -0.682. The molecule has 7 heteroatoms. The number of nitrogens with zero attached hydrogens (tertiary/aromatic N) is 3. The predicted molar refractivity (Wildman–Crippen MR) is 57.4 cm³/mol. The van der Waals surface area contributed by atoms with Gasteiger partial charge in [-0.2, -0.15) is 0 Å². The van der Waals surface area contributed by atoms with E-state index in [0.29, 0.717) is 5.56 Å². The van der Waals surface area contributed by atoms with Crippen LogP contribution in [0.15, 0.2) is 30.3 Å². The van der Waals surface area contributed by atoms with Gasteiger partial charge in [0.2, 0.25) is 5.69 Å². The zero-order valence-electron chi connectivity index (χ0n) is 8.90. The quantitative estimate of drug-likeness (QED) is 0.278. The number of hydrogen-bond acceptors (Lipinski definition) is 4. The van der Waals surface area contributed by atoms with Crippen LogP contribution in [0.25, 0.3) is 11.3 Å². The maximum absolute atomic E-state index is 11.4. The molecule has 0 aliphatic carbocycles. The van der Waals surface area contributed by atoms with E-state index in [1.165, 1.54) is 6.92 Å². The van der Waals surface area contributed by atoms with Gasteiger partial charge in [0.25, 0.3) is 5.69 Å². The van der Waals surface area contributed by atoms with E-state index in [1.807, 2.05) is 0 Å². The Bertz CT molecular complexity index is 577. The second kappa shape index (κ2) is 3.78. The van der Waals surface area contributed by atoms with Crippen molar-refractivity contribution in [2.45, 2.75) is 6.92 Å². The van der Waals surface area contributed by atoms with Crippen LogP contribution in [0.1, 0.15) is 5.69 Å². The third-order valence-corrected chi connectivity index (χ3v) is 2.46. The van der Waals surface area contributed by atoms with Gasteiger partial charge in [0.05, 0.1) is 4.92 Å². The van der Waals surface area contributed by atoms with Gasteiger partial charge in [-0.3, -0.25) is 10.1 Å². The van der Waals surface area contributed by atoms with Crippen molar-refractivity contribution in [3.8, 4) is 11.3 Å². The monoisotopic (exact) mass is 235 g/mol. The smallest absolute Gasteiger partial charge is 0.372 e. The molecule has 0 spiro atoms. The summed E-state index contributed by atoms with van der Waals surface area (Å²) >= 11 is 0. The van der Waals surface area contributed by atoms with E-state index in [9.17, 15) is 20.5 Å². The van der Waals surface area contributed by atoms with Crippen molar-refractivity contribution < 1.29 is 15.0 Å². The second-order valence-electron chi connectivity index (χ2n) is 3.47. The summed E-state index contributed by atoms with van der Waals surface area (Å²) in [6.07, 6.45) is 0. The third-order valence-electron chi connectivity index (χ3n) is 2.46. The molecule has 7 nitrogen and oxygen atoms in total. The molecule has 2 aromatic rings. The van der Waals surface area contributed by atoms with Gasteiger partial charge in [-0.25, -0.2) is 0 Å². The first-order chi connectivity index (χ1) is 8.04. The minimum absolute atomic E-state index is 0.0838. The Kier molecular flexibility index (Phi) is 2.43. The van der Waals surface area contributed by atoms with Gasteiger partial charge < -0.3 is 10.4 Å². The van der Waals surface area contributed by atoms with E-state index in [1.54, 1.807) is 30.3 Å². The molecular weight excluding hydrogens is 226 g/mol. The van der Waals surface area contributed by atoms with Crippen LogP contribution >= 0.6 is 0 Å². The lowest BCUT2D eigenvalue weighted by Crippen LogP contribution is -2.38. The fourth-order valence-electron chi connectivity index (χ4n) is 1.66. The Morgan fingerprint density at radius 2 is 1.94 bits per heavy atom. The molecule has 17 heavy (non-hydrogen) atoms. The Labute approximate surface area is 95.8 Å². The first-order valence-corrected chi connectivity index (χ1v) is 4.78. The summed E-state index contributed by atoms with van der Waals surface area (Å²) in [6, 6.07) is 8.22. The number of hydrogen-bond donors (Lipinski definition) is 1. The molecule has 1 N–H and O–H groups in total. The molecule has 0 atom stereocenters. The third kappa shape index (κ3) is 1.57. The molecule has 0 unspecified atom stereocenters. The molecule has 0 bridgehead atoms. The maximum atomic E-state index is 11.4. The lowest BCUT2D eigenvalue weighted by Gasteiger charge is -1.98. The minimum Gasteiger partial charge on any atom is -0.593 e. The summed E-state index contributed by atoms with van der Waals surface area (Å²) in [4.78, 5) is 10.6. The van der Waals surface area contributed by atoms with Crippen molar-refractivity contribution >= 4 is 5.69 Å². The van der Waals surface area contributed by atoms with Gasteiger partial charge in [-0.15, -0.1) is 0 Å². The van der Waals surface area contributed by atoms with Crippen molar-refractivity contribution in [3.05, 3.63) is 51.3 Å². The number of aromatic nitrogens is 2. The molecule has 0 aliphatic rings. The van der Waals surface area contributed by atoms with E-state index >= 15 is 0 Å². The highest BCUT2D eigenvalue weighted by Crippen LogP contribution is 2.30. The van der Waals surface area contributed by atoms with Gasteiger partial charge in [-0.1, -0.05) is 30.3 Å². The van der Waals surface area contributed by atoms with Gasteiger partial charge in [0.15, 0.2) is 0 Å². The average Bonchev–Trinajstić information content (AvgIpc) is 2.55. The fraction of sp³-hybridized carbons (Fsp3) is 0.100. The highest BCUT2D eigenvalue weighted by atomic mass is 16.6. The van der Waals surface area contributed by atoms with Gasteiger partial charge in [-0.05, 0) is 4.85 Å². The summed E-state index contributed by atoms with van der Waals surface area (Å²) in [5, 5.41) is 31.9. The van der Waals surface area contributed by atoms with Crippen molar-refractivity contribution in [3.63, 3.8) is 0 Å². The van der Waals surface area contributed by atoms with Crippen LogP contribution < -0.4 is 4.85 Å². The molecule has 0 amide bonds. The van der Waals surface area contributed by atoms with Crippen LogP contribution in [0.5, 0.6) is 0 Å². The molecule has 0 radical (unpaired) electrons. The molecule has 0 saturated heterocycles. The first kappa shape index (κ1) is 10.9. The highest BCUT2D eigenvalue weighted by Gasteiger charge is 2.34. The van der Waals surface area contributed by atoms with Crippen LogP contribution in [-0.2, 0) is 0 Å². The SMILES string of the molecule is Cc1c([N+](=O)[O-])c(-c2ccccc2)n(O)[n+]1[O-]. The Balaban J connectivity index is 2.78. The summed E-state index contributed by atoms with van der Waals surface area (Å²) in [5.41, 5.74) is -0.271. The standard InChI is InChI=1S/C10H9N3O4/c1-7-9(13(16)17)10(12(15)11(7)14)8-5-3-2-4-6-8/h2-6,15H,1H3. The summed E-state index contributed by atoms with van der Waals surface area (Å²) in [6.45, 7) is 1.28. The van der Waals surface area contributed by atoms with E-state index in [4.69, 9.17) is 0 Å². The molecule has 1 aromatic carbocycles. The van der Waals surface area contributed by atoms with E-state index in [0.717, 1.165) is 0 Å². The van der Waals surface area contributed by atoms with Crippen LogP contribution in [0.3, 0.4) is 0 Å². The molecule has 88 valence electrons. The summed E-state index contributed by atoms with van der Waals surface area (Å²) in [5.74, 6) is 0. The summed E-state index contributed by atoms with van der Waals surface area (Å²) in [7, 11) is 0. The molecule has 0 aliphatic heterocycles. The molecule has 1 heterocycles. The van der Waals surface area contributed by atoms with Crippen molar-refractivity contribution in [2.75, 3.05) is 0 Å². The largest absolute Gasteiger partial charge is 0.593 e. The average molecular weight is 235 g/mol. The molecule has 1 aromatic heterocycles. The molecule has 0 fully saturated rings. The fourth-order valence-corrected chi connectivity index (χ4v) is 1.66. The zero-order valence-corrected chi connectivity index (χ0v) is 8.90.